The van der Waals surface area contributed by atoms with Crippen LogP contribution in [0.15, 0.2) is 66.8 Å². The van der Waals surface area contributed by atoms with Crippen LogP contribution in [0.2, 0.25) is 0 Å². The summed E-state index contributed by atoms with van der Waals surface area (Å²) in [5, 5.41) is 0. The molecule has 3 aromatic carbocycles. The van der Waals surface area contributed by atoms with Crippen molar-refractivity contribution >= 4 is 5.57 Å². The fraction of sp³-hybridized carbons (Fsp3) is 0.450. The van der Waals surface area contributed by atoms with Crippen LogP contribution in [0.5, 0.6) is 0 Å². The van der Waals surface area contributed by atoms with Crippen molar-refractivity contribution in [3.63, 3.8) is 0 Å². The van der Waals surface area contributed by atoms with E-state index >= 15 is 8.78 Å². The molecule has 0 radical (unpaired) electrons. The van der Waals surface area contributed by atoms with E-state index in [-0.39, 0.29) is 11.1 Å². The van der Waals surface area contributed by atoms with Crippen molar-refractivity contribution in [2.24, 2.45) is 17.8 Å². The van der Waals surface area contributed by atoms with Crippen molar-refractivity contribution in [2.45, 2.75) is 97.3 Å². The van der Waals surface area contributed by atoms with Crippen LogP contribution in [-0.2, 0) is 6.42 Å². The molecule has 0 amide bonds. The fourth-order valence-corrected chi connectivity index (χ4v) is 7.39. The van der Waals surface area contributed by atoms with Crippen molar-refractivity contribution in [2.75, 3.05) is 0 Å². The molecule has 0 aliphatic heterocycles. The second kappa shape index (κ2) is 15.2. The Morgan fingerprint density at radius 2 is 1.30 bits per heavy atom. The van der Waals surface area contributed by atoms with E-state index < -0.39 is 23.3 Å². The molecule has 234 valence electrons. The number of rotatable bonds is 11. The lowest BCUT2D eigenvalue weighted by Gasteiger charge is -2.35. The van der Waals surface area contributed by atoms with E-state index in [0.717, 1.165) is 55.9 Å². The number of hydrogen-bond acceptors (Lipinski definition) is 0. The standard InChI is InChI=1S/C40H46F4/c1-3-5-7-9-27-11-13-28(14-12-27)29-15-17-30(18-16-29)35-25-26-36(40(44)39(35)43)32-21-19-31(20-22-32)34-24-23-33(10-8-6-4-2)37(41)38(34)42/h3,5,17,19-29H,4,6-16,18H2,1-2H3/b5-3+. The molecule has 0 bridgehead atoms. The molecule has 1 saturated carbocycles. The number of aryl methyl sites for hydroxylation is 1. The van der Waals surface area contributed by atoms with Gasteiger partial charge in [0, 0.05) is 16.7 Å². The van der Waals surface area contributed by atoms with Crippen molar-refractivity contribution in [3.05, 3.63) is 101 Å². The van der Waals surface area contributed by atoms with Gasteiger partial charge in [-0.05, 0) is 105 Å². The Labute approximate surface area is 261 Å². The van der Waals surface area contributed by atoms with Crippen molar-refractivity contribution in [3.8, 4) is 22.3 Å². The van der Waals surface area contributed by atoms with Gasteiger partial charge in [-0.3, -0.25) is 0 Å². The van der Waals surface area contributed by atoms with Crippen molar-refractivity contribution < 1.29 is 17.6 Å². The van der Waals surface area contributed by atoms with Gasteiger partial charge in [-0.2, -0.15) is 0 Å². The molecule has 0 spiro atoms. The topological polar surface area (TPSA) is 0 Å². The van der Waals surface area contributed by atoms with E-state index in [1.807, 2.05) is 0 Å². The zero-order chi connectivity index (χ0) is 31.1. The Kier molecular flexibility index (Phi) is 11.2. The van der Waals surface area contributed by atoms with Gasteiger partial charge in [-0.1, -0.05) is 99.4 Å². The number of allylic oxidation sites excluding steroid dienone is 4. The van der Waals surface area contributed by atoms with E-state index in [0.29, 0.717) is 34.6 Å². The number of hydrogen-bond donors (Lipinski definition) is 0. The second-order valence-corrected chi connectivity index (χ2v) is 12.9. The molecule has 3 aromatic rings. The first-order chi connectivity index (χ1) is 21.4. The molecule has 2 aliphatic rings. The molecule has 5 rings (SSSR count). The first-order valence-electron chi connectivity index (χ1n) is 16.8. The Balaban J connectivity index is 1.24. The van der Waals surface area contributed by atoms with Gasteiger partial charge in [-0.15, -0.1) is 0 Å². The summed E-state index contributed by atoms with van der Waals surface area (Å²) in [6, 6.07) is 13.1. The highest BCUT2D eigenvalue weighted by atomic mass is 19.2. The summed E-state index contributed by atoms with van der Waals surface area (Å²) in [5.41, 5.74) is 2.95. The molecule has 0 nitrogen and oxygen atoms in total. The van der Waals surface area contributed by atoms with Crippen LogP contribution in [0.4, 0.5) is 17.6 Å². The lowest BCUT2D eigenvalue weighted by atomic mass is 9.70. The summed E-state index contributed by atoms with van der Waals surface area (Å²) >= 11 is 0. The van der Waals surface area contributed by atoms with E-state index in [1.54, 1.807) is 48.5 Å². The minimum atomic E-state index is -0.872. The fourth-order valence-electron chi connectivity index (χ4n) is 7.39. The Morgan fingerprint density at radius 1 is 0.682 bits per heavy atom. The smallest absolute Gasteiger partial charge is 0.167 e. The van der Waals surface area contributed by atoms with Gasteiger partial charge in [0.1, 0.15) is 0 Å². The van der Waals surface area contributed by atoms with E-state index in [4.69, 9.17) is 0 Å². The molecular weight excluding hydrogens is 556 g/mol. The van der Waals surface area contributed by atoms with Crippen LogP contribution in [0.25, 0.3) is 27.8 Å². The highest BCUT2D eigenvalue weighted by molar-refractivity contribution is 5.74. The van der Waals surface area contributed by atoms with Crippen LogP contribution in [0.1, 0.15) is 102 Å². The molecule has 0 saturated heterocycles. The van der Waals surface area contributed by atoms with Gasteiger partial charge >= 0.3 is 0 Å². The van der Waals surface area contributed by atoms with Gasteiger partial charge in [0.2, 0.25) is 0 Å². The van der Waals surface area contributed by atoms with Gasteiger partial charge in [0.25, 0.3) is 0 Å². The van der Waals surface area contributed by atoms with E-state index in [2.05, 4.69) is 32.1 Å². The summed E-state index contributed by atoms with van der Waals surface area (Å²) in [5.74, 6) is -1.14. The van der Waals surface area contributed by atoms with E-state index in [9.17, 15) is 8.78 Å². The van der Waals surface area contributed by atoms with Gasteiger partial charge in [0.15, 0.2) is 23.3 Å². The zero-order valence-corrected chi connectivity index (χ0v) is 26.3. The van der Waals surface area contributed by atoms with Crippen LogP contribution >= 0.6 is 0 Å². The number of halogens is 4. The van der Waals surface area contributed by atoms with Crippen LogP contribution in [0.3, 0.4) is 0 Å². The largest absolute Gasteiger partial charge is 0.203 e. The van der Waals surface area contributed by atoms with Crippen molar-refractivity contribution in [1.82, 2.24) is 0 Å². The molecular formula is C40H46F4. The Morgan fingerprint density at radius 3 is 1.91 bits per heavy atom. The minimum absolute atomic E-state index is 0.162. The third-order valence-corrected chi connectivity index (χ3v) is 10.1. The summed E-state index contributed by atoms with van der Waals surface area (Å²) in [6.07, 6.45) is 20.3. The van der Waals surface area contributed by atoms with E-state index in [1.165, 1.54) is 38.5 Å². The molecule has 4 heteroatoms. The maximum absolute atomic E-state index is 15.4. The summed E-state index contributed by atoms with van der Waals surface area (Å²) in [7, 11) is 0. The average Bonchev–Trinajstić information content (AvgIpc) is 3.05. The van der Waals surface area contributed by atoms with Gasteiger partial charge in [-0.25, -0.2) is 17.6 Å². The van der Waals surface area contributed by atoms with Crippen LogP contribution in [-0.4, -0.2) is 0 Å². The third kappa shape index (κ3) is 7.38. The number of unbranched alkanes of at least 4 members (excludes halogenated alkanes) is 2. The van der Waals surface area contributed by atoms with Crippen LogP contribution < -0.4 is 0 Å². The molecule has 0 heterocycles. The molecule has 2 aliphatic carbocycles. The molecule has 44 heavy (non-hydrogen) atoms. The van der Waals surface area contributed by atoms with Gasteiger partial charge in [0.05, 0.1) is 0 Å². The third-order valence-electron chi connectivity index (χ3n) is 10.1. The average molecular weight is 603 g/mol. The SMILES string of the molecule is C/C=C/CCC1CCC(C2CC=C(c3ccc(-c4ccc(-c5ccc(CCCCC)c(F)c5F)cc4)c(F)c3F)CC2)CC1. The zero-order valence-electron chi connectivity index (χ0n) is 26.3. The molecule has 1 unspecified atom stereocenters. The lowest BCUT2D eigenvalue weighted by molar-refractivity contribution is 0.190. The van der Waals surface area contributed by atoms with Crippen LogP contribution in [0, 0.1) is 41.0 Å². The monoisotopic (exact) mass is 602 g/mol. The summed E-state index contributed by atoms with van der Waals surface area (Å²) < 4.78 is 60.5. The van der Waals surface area contributed by atoms with Crippen molar-refractivity contribution in [1.29, 1.82) is 0 Å². The first kappa shape index (κ1) is 32.3. The highest BCUT2D eigenvalue weighted by Gasteiger charge is 2.29. The maximum Gasteiger partial charge on any atom is 0.167 e. The molecule has 0 aromatic heterocycles. The normalized spacial score (nSPS) is 20.7. The highest BCUT2D eigenvalue weighted by Crippen LogP contribution is 2.43. The Hall–Kier alpha value is -3.14. The first-order valence-corrected chi connectivity index (χ1v) is 16.8. The summed E-state index contributed by atoms with van der Waals surface area (Å²) in [4.78, 5) is 0. The molecule has 0 N–H and O–H groups in total. The lowest BCUT2D eigenvalue weighted by Crippen LogP contribution is -2.23. The molecule has 1 fully saturated rings. The molecule has 1 atom stereocenters. The Bertz CT molecular complexity index is 1460. The minimum Gasteiger partial charge on any atom is -0.203 e. The van der Waals surface area contributed by atoms with Gasteiger partial charge < -0.3 is 0 Å². The predicted octanol–water partition coefficient (Wildman–Crippen LogP) is 12.7. The maximum atomic E-state index is 15.4. The quantitative estimate of drug-likeness (QED) is 0.116. The summed E-state index contributed by atoms with van der Waals surface area (Å²) in [6.45, 7) is 4.15. The second-order valence-electron chi connectivity index (χ2n) is 12.9. The number of benzene rings is 3. The predicted molar refractivity (Wildman–Crippen MR) is 175 cm³/mol.